The van der Waals surface area contributed by atoms with Crippen LogP contribution in [0.1, 0.15) is 33.7 Å². The molecule has 0 saturated carbocycles. The summed E-state index contributed by atoms with van der Waals surface area (Å²) >= 11 is 0. The maximum absolute atomic E-state index is 12.4. The highest BCUT2D eigenvalue weighted by molar-refractivity contribution is 6.27. The molecule has 4 amide bonds. The number of nitrogens with one attached hydrogen (secondary N) is 1. The molecule has 7 nitrogen and oxygen atoms in total. The van der Waals surface area contributed by atoms with Crippen molar-refractivity contribution in [3.63, 3.8) is 0 Å². The molecular formula is C13H18N4O3. The van der Waals surface area contributed by atoms with Crippen LogP contribution in [0.2, 0.25) is 0 Å². The number of hydrogen-bond acceptors (Lipinski definition) is 4. The molecule has 1 aromatic rings. The number of imide groups is 2. The molecule has 7 heteroatoms. The number of rotatable bonds is 3. The number of hydrogen-bond donors (Lipinski definition) is 1. The Morgan fingerprint density at radius 3 is 2.35 bits per heavy atom. The van der Waals surface area contributed by atoms with Crippen LogP contribution in [0.15, 0.2) is 12.4 Å². The molecule has 1 unspecified atom stereocenters. The number of anilines is 1. The van der Waals surface area contributed by atoms with Crippen molar-refractivity contribution in [1.82, 2.24) is 15.1 Å². The summed E-state index contributed by atoms with van der Waals surface area (Å²) in [6.45, 7) is 7.42. The molecule has 0 aromatic carbocycles. The fourth-order valence-corrected chi connectivity index (χ4v) is 2.15. The van der Waals surface area contributed by atoms with Crippen LogP contribution >= 0.6 is 0 Å². The molecule has 0 bridgehead atoms. The van der Waals surface area contributed by atoms with E-state index in [4.69, 9.17) is 0 Å². The summed E-state index contributed by atoms with van der Waals surface area (Å²) in [5.41, 5.74) is 0.374. The predicted molar refractivity (Wildman–Crippen MR) is 72.0 cm³/mol. The van der Waals surface area contributed by atoms with Gasteiger partial charge in [-0.3, -0.25) is 19.6 Å². The van der Waals surface area contributed by atoms with E-state index in [1.165, 1.54) is 6.20 Å². The summed E-state index contributed by atoms with van der Waals surface area (Å²) in [5, 5.41) is 6.32. The molecule has 108 valence electrons. The van der Waals surface area contributed by atoms with Crippen molar-refractivity contribution in [3.05, 3.63) is 12.4 Å². The molecule has 0 spiro atoms. The van der Waals surface area contributed by atoms with E-state index in [1.807, 2.05) is 13.8 Å². The zero-order chi connectivity index (χ0) is 15.0. The van der Waals surface area contributed by atoms with Crippen LogP contribution in [0.5, 0.6) is 0 Å². The average molecular weight is 278 g/mol. The normalized spacial score (nSPS) is 20.0. The lowest BCUT2D eigenvalue weighted by Gasteiger charge is -2.30. The van der Waals surface area contributed by atoms with Gasteiger partial charge in [-0.05, 0) is 19.8 Å². The monoisotopic (exact) mass is 278 g/mol. The average Bonchev–Trinajstić information content (AvgIpc) is 2.76. The molecule has 2 rings (SSSR count). The lowest BCUT2D eigenvalue weighted by molar-refractivity contribution is -0.136. The van der Waals surface area contributed by atoms with Crippen molar-refractivity contribution >= 4 is 23.5 Å². The van der Waals surface area contributed by atoms with Crippen LogP contribution in [0.25, 0.3) is 0 Å². The molecule has 1 fully saturated rings. The summed E-state index contributed by atoms with van der Waals surface area (Å²) in [6.07, 6.45) is 3.07. The first-order valence-corrected chi connectivity index (χ1v) is 6.56. The number of carbonyl (C=O) groups is 3. The quantitative estimate of drug-likeness (QED) is 0.845. The number of urea groups is 1. The summed E-state index contributed by atoms with van der Waals surface area (Å²) in [5.74, 6) is -2.08. The first-order chi connectivity index (χ1) is 9.32. The molecule has 2 heterocycles. The maximum atomic E-state index is 12.4. The van der Waals surface area contributed by atoms with Gasteiger partial charge in [-0.1, -0.05) is 13.8 Å². The van der Waals surface area contributed by atoms with Crippen LogP contribution < -0.4 is 10.2 Å². The van der Waals surface area contributed by atoms with E-state index in [0.29, 0.717) is 5.69 Å². The minimum atomic E-state index is -0.852. The Balaban J connectivity index is 2.36. The third-order valence-electron chi connectivity index (χ3n) is 3.24. The highest BCUT2D eigenvalue weighted by Crippen LogP contribution is 2.24. The van der Waals surface area contributed by atoms with Crippen molar-refractivity contribution in [1.29, 1.82) is 0 Å². The van der Waals surface area contributed by atoms with E-state index in [-0.39, 0.29) is 12.0 Å². The topological polar surface area (TPSA) is 84.3 Å². The summed E-state index contributed by atoms with van der Waals surface area (Å²) in [7, 11) is 0. The number of aromatic nitrogens is 2. The molecule has 20 heavy (non-hydrogen) atoms. The standard InChI is InChI=1S/C13H18N4O3/c1-7(2)10-11(18)15-13(20)17(12(10)19)9-5-14-16(6-9)8(3)4/h5-8,10H,1-4H3,(H,15,18,20). The fraction of sp³-hybridized carbons (Fsp3) is 0.538. The van der Waals surface area contributed by atoms with Gasteiger partial charge < -0.3 is 0 Å². The van der Waals surface area contributed by atoms with Gasteiger partial charge >= 0.3 is 6.03 Å². The second kappa shape index (κ2) is 5.07. The van der Waals surface area contributed by atoms with Crippen molar-refractivity contribution in [2.75, 3.05) is 4.90 Å². The Hall–Kier alpha value is -2.18. The minimum Gasteiger partial charge on any atom is -0.277 e. The molecule has 1 aliphatic rings. The van der Waals surface area contributed by atoms with Crippen molar-refractivity contribution in [2.24, 2.45) is 11.8 Å². The van der Waals surface area contributed by atoms with E-state index >= 15 is 0 Å². The van der Waals surface area contributed by atoms with Crippen LogP contribution in [0.3, 0.4) is 0 Å². The van der Waals surface area contributed by atoms with Gasteiger partial charge in [0.25, 0.3) is 0 Å². The Labute approximate surface area is 116 Å². The fourth-order valence-electron chi connectivity index (χ4n) is 2.15. The van der Waals surface area contributed by atoms with Gasteiger partial charge in [0.15, 0.2) is 0 Å². The van der Waals surface area contributed by atoms with E-state index in [2.05, 4.69) is 10.4 Å². The van der Waals surface area contributed by atoms with E-state index in [1.54, 1.807) is 24.7 Å². The second-order valence-electron chi connectivity index (χ2n) is 5.46. The third kappa shape index (κ3) is 2.31. The lowest BCUT2D eigenvalue weighted by atomic mass is 9.92. The van der Waals surface area contributed by atoms with Crippen LogP contribution in [0, 0.1) is 11.8 Å². The highest BCUT2D eigenvalue weighted by Gasteiger charge is 2.43. The minimum absolute atomic E-state index is 0.120. The molecule has 1 saturated heterocycles. The summed E-state index contributed by atoms with van der Waals surface area (Å²) in [6, 6.07) is -0.602. The van der Waals surface area contributed by atoms with Crippen LogP contribution in [-0.4, -0.2) is 27.6 Å². The van der Waals surface area contributed by atoms with Crippen molar-refractivity contribution < 1.29 is 14.4 Å². The Morgan fingerprint density at radius 2 is 1.85 bits per heavy atom. The van der Waals surface area contributed by atoms with Gasteiger partial charge in [0.1, 0.15) is 5.92 Å². The first kappa shape index (κ1) is 14.2. The molecular weight excluding hydrogens is 260 g/mol. The molecule has 1 aliphatic heterocycles. The predicted octanol–water partition coefficient (Wildman–Crippen LogP) is 1.32. The Kier molecular flexibility index (Phi) is 3.61. The molecule has 1 N–H and O–H groups in total. The van der Waals surface area contributed by atoms with Crippen molar-refractivity contribution in [2.45, 2.75) is 33.7 Å². The Bertz CT molecular complexity index is 562. The highest BCUT2D eigenvalue weighted by atomic mass is 16.2. The summed E-state index contributed by atoms with van der Waals surface area (Å²) in [4.78, 5) is 37.0. The van der Waals surface area contributed by atoms with Gasteiger partial charge in [0.05, 0.1) is 11.9 Å². The molecule has 0 aliphatic carbocycles. The van der Waals surface area contributed by atoms with Gasteiger partial charge in [0.2, 0.25) is 11.8 Å². The van der Waals surface area contributed by atoms with Crippen LogP contribution in [-0.2, 0) is 9.59 Å². The van der Waals surface area contributed by atoms with Gasteiger partial charge in [-0.25, -0.2) is 9.69 Å². The van der Waals surface area contributed by atoms with Crippen molar-refractivity contribution in [3.8, 4) is 0 Å². The smallest absolute Gasteiger partial charge is 0.277 e. The second-order valence-corrected chi connectivity index (χ2v) is 5.46. The maximum Gasteiger partial charge on any atom is 0.335 e. The van der Waals surface area contributed by atoms with E-state index in [9.17, 15) is 14.4 Å². The molecule has 0 radical (unpaired) electrons. The van der Waals surface area contributed by atoms with Gasteiger partial charge in [0, 0.05) is 12.2 Å². The number of carbonyl (C=O) groups excluding carboxylic acids is 3. The zero-order valence-electron chi connectivity index (χ0n) is 12.0. The summed E-state index contributed by atoms with van der Waals surface area (Å²) < 4.78 is 1.65. The van der Waals surface area contributed by atoms with Gasteiger partial charge in [-0.15, -0.1) is 0 Å². The molecule has 1 atom stereocenters. The Morgan fingerprint density at radius 1 is 1.20 bits per heavy atom. The van der Waals surface area contributed by atoms with Crippen LogP contribution in [0.4, 0.5) is 10.5 Å². The zero-order valence-corrected chi connectivity index (χ0v) is 12.0. The third-order valence-corrected chi connectivity index (χ3v) is 3.24. The number of barbiturate groups is 1. The number of nitrogens with zero attached hydrogens (tertiary/aromatic N) is 3. The van der Waals surface area contributed by atoms with E-state index in [0.717, 1.165) is 4.90 Å². The SMILES string of the molecule is CC(C)C1C(=O)NC(=O)N(c2cnn(C(C)C)c2)C1=O. The first-order valence-electron chi connectivity index (χ1n) is 6.56. The van der Waals surface area contributed by atoms with E-state index < -0.39 is 23.8 Å². The lowest BCUT2D eigenvalue weighted by Crippen LogP contribution is -2.59. The van der Waals surface area contributed by atoms with Gasteiger partial charge in [-0.2, -0.15) is 5.10 Å². The molecule has 1 aromatic heterocycles. The largest absolute Gasteiger partial charge is 0.335 e. The number of amides is 4.